The van der Waals surface area contributed by atoms with Gasteiger partial charge in [0.1, 0.15) is 0 Å². The average Bonchev–Trinajstić information content (AvgIpc) is 2.88. The lowest BCUT2D eigenvalue weighted by atomic mass is 9.48. The van der Waals surface area contributed by atoms with Crippen LogP contribution in [0.4, 0.5) is 0 Å². The van der Waals surface area contributed by atoms with Gasteiger partial charge in [0.05, 0.1) is 6.61 Å². The molecule has 20 heavy (non-hydrogen) atoms. The minimum absolute atomic E-state index is 0.199. The summed E-state index contributed by atoms with van der Waals surface area (Å²) in [5.74, 6) is 2.62. The van der Waals surface area contributed by atoms with Crippen LogP contribution in [0.2, 0.25) is 0 Å². The molecule has 112 valence electrons. The van der Waals surface area contributed by atoms with E-state index in [1.165, 1.54) is 64.2 Å². The van der Waals surface area contributed by atoms with Gasteiger partial charge >= 0.3 is 0 Å². The summed E-state index contributed by atoms with van der Waals surface area (Å²) in [5, 5.41) is 10.3. The lowest BCUT2D eigenvalue weighted by Crippen LogP contribution is -2.50. The monoisotopic (exact) mass is 274 g/mol. The Labute approximate surface area is 123 Å². The molecule has 0 aromatic carbocycles. The summed E-state index contributed by atoms with van der Waals surface area (Å²) in [5.41, 5.74) is 2.48. The van der Waals surface area contributed by atoms with Crippen LogP contribution in [0.5, 0.6) is 0 Å². The molecule has 0 unspecified atom stereocenters. The van der Waals surface area contributed by atoms with E-state index in [0.717, 1.165) is 17.8 Å². The number of aliphatic hydroxyl groups is 1. The number of rotatable bonds is 1. The van der Waals surface area contributed by atoms with Gasteiger partial charge in [-0.3, -0.25) is 0 Å². The third-order valence-corrected chi connectivity index (χ3v) is 7.81. The zero-order chi connectivity index (χ0) is 13.8. The zero-order valence-electron chi connectivity index (χ0n) is 13.0. The van der Waals surface area contributed by atoms with E-state index in [-0.39, 0.29) is 5.41 Å². The van der Waals surface area contributed by atoms with E-state index in [9.17, 15) is 5.11 Å². The van der Waals surface area contributed by atoms with Crippen LogP contribution in [0, 0.1) is 28.6 Å². The molecule has 1 N–H and O–H groups in total. The van der Waals surface area contributed by atoms with Gasteiger partial charge in [0, 0.05) is 5.41 Å². The third kappa shape index (κ3) is 1.65. The predicted molar refractivity (Wildman–Crippen MR) is 82.3 cm³/mol. The Bertz CT molecular complexity index is 425. The quantitative estimate of drug-likeness (QED) is 0.687. The van der Waals surface area contributed by atoms with Gasteiger partial charge in [0.25, 0.3) is 0 Å². The summed E-state index contributed by atoms with van der Waals surface area (Å²) in [6.07, 6.45) is 16.3. The van der Waals surface area contributed by atoms with Crippen LogP contribution in [0.15, 0.2) is 11.6 Å². The van der Waals surface area contributed by atoms with Crippen LogP contribution in [0.25, 0.3) is 0 Å². The van der Waals surface area contributed by atoms with Gasteiger partial charge in [-0.25, -0.2) is 0 Å². The van der Waals surface area contributed by atoms with Gasteiger partial charge in [0.2, 0.25) is 0 Å². The molecule has 3 fully saturated rings. The lowest BCUT2D eigenvalue weighted by Gasteiger charge is -2.57. The lowest BCUT2D eigenvalue weighted by molar-refractivity contribution is -0.0540. The van der Waals surface area contributed by atoms with Crippen LogP contribution < -0.4 is 0 Å². The van der Waals surface area contributed by atoms with E-state index in [4.69, 9.17) is 0 Å². The highest BCUT2D eigenvalue weighted by Gasteiger charge is 2.56. The number of allylic oxidation sites excluding steroid dienone is 1. The zero-order valence-corrected chi connectivity index (χ0v) is 13.0. The van der Waals surface area contributed by atoms with Crippen molar-refractivity contribution in [2.24, 2.45) is 28.6 Å². The van der Waals surface area contributed by atoms with E-state index in [2.05, 4.69) is 13.0 Å². The maximum atomic E-state index is 10.3. The summed E-state index contributed by atoms with van der Waals surface area (Å²) in [7, 11) is 0. The van der Waals surface area contributed by atoms with Crippen LogP contribution in [0.3, 0.4) is 0 Å². The van der Waals surface area contributed by atoms with Crippen molar-refractivity contribution in [3.05, 3.63) is 11.6 Å². The Morgan fingerprint density at radius 3 is 2.85 bits per heavy atom. The fourth-order valence-corrected chi connectivity index (χ4v) is 6.77. The Morgan fingerprint density at radius 1 is 1.10 bits per heavy atom. The highest BCUT2D eigenvalue weighted by Crippen LogP contribution is 2.64. The fraction of sp³-hybridized carbons (Fsp3) is 0.895. The Morgan fingerprint density at radius 2 is 2.00 bits per heavy atom. The third-order valence-electron chi connectivity index (χ3n) is 7.81. The first kappa shape index (κ1) is 13.4. The van der Waals surface area contributed by atoms with Crippen molar-refractivity contribution < 1.29 is 5.11 Å². The number of fused-ring (bicyclic) bond motifs is 5. The Kier molecular flexibility index (Phi) is 3.07. The fourth-order valence-electron chi connectivity index (χ4n) is 6.77. The summed E-state index contributed by atoms with van der Waals surface area (Å²) in [6, 6.07) is 0. The smallest absolute Gasteiger partial charge is 0.0527 e. The van der Waals surface area contributed by atoms with Gasteiger partial charge < -0.3 is 5.11 Å². The average molecular weight is 274 g/mol. The van der Waals surface area contributed by atoms with Crippen molar-refractivity contribution in [1.82, 2.24) is 0 Å². The molecule has 0 heterocycles. The maximum Gasteiger partial charge on any atom is 0.0527 e. The topological polar surface area (TPSA) is 20.2 Å². The van der Waals surface area contributed by atoms with E-state index in [1.807, 2.05) is 0 Å². The second-order valence-corrected chi connectivity index (χ2v) is 8.45. The molecule has 0 aliphatic heterocycles. The number of aliphatic hydroxyl groups excluding tert-OH is 1. The van der Waals surface area contributed by atoms with Crippen molar-refractivity contribution >= 4 is 0 Å². The van der Waals surface area contributed by atoms with Crippen LogP contribution in [0.1, 0.15) is 71.1 Å². The molecule has 4 rings (SSSR count). The molecular formula is C19H30O. The summed E-state index contributed by atoms with van der Waals surface area (Å²) >= 11 is 0. The highest BCUT2D eigenvalue weighted by atomic mass is 16.3. The largest absolute Gasteiger partial charge is 0.395 e. The van der Waals surface area contributed by atoms with Gasteiger partial charge in [0.15, 0.2) is 0 Å². The van der Waals surface area contributed by atoms with Crippen molar-refractivity contribution in [3.8, 4) is 0 Å². The van der Waals surface area contributed by atoms with E-state index < -0.39 is 0 Å². The first-order valence-corrected chi connectivity index (χ1v) is 9.00. The molecular weight excluding hydrogens is 244 g/mol. The molecule has 1 heteroatoms. The van der Waals surface area contributed by atoms with E-state index in [1.54, 1.807) is 5.57 Å². The molecule has 0 saturated heterocycles. The molecule has 0 spiro atoms. The van der Waals surface area contributed by atoms with E-state index >= 15 is 0 Å². The normalized spacial score (nSPS) is 50.9. The Hall–Kier alpha value is -0.300. The molecule has 0 aromatic heterocycles. The SMILES string of the molecule is C[C@@]12CCC[C@H]1[C@@H]1CC=C3CCCC[C@]3(CO)[C@@H]1CC2. The Balaban J connectivity index is 1.72. The first-order valence-electron chi connectivity index (χ1n) is 9.00. The minimum atomic E-state index is 0.199. The standard InChI is InChI=1S/C19H30O/c1-18-10-4-6-16(18)15-8-7-14-5-2-3-11-19(14,13-20)17(15)9-12-18/h7,15-17,20H,2-6,8-13H2,1H3/t15-,16-,17+,18-,19+/m0/s1. The van der Waals surface area contributed by atoms with Gasteiger partial charge in [-0.1, -0.05) is 31.4 Å². The summed E-state index contributed by atoms with van der Waals surface area (Å²) in [4.78, 5) is 0. The molecule has 0 bridgehead atoms. The van der Waals surface area contributed by atoms with Crippen molar-refractivity contribution in [2.45, 2.75) is 71.1 Å². The summed E-state index contributed by atoms with van der Waals surface area (Å²) in [6.45, 7) is 2.98. The van der Waals surface area contributed by atoms with Crippen LogP contribution in [-0.2, 0) is 0 Å². The molecule has 0 radical (unpaired) electrons. The molecule has 4 aliphatic carbocycles. The van der Waals surface area contributed by atoms with Crippen LogP contribution in [-0.4, -0.2) is 11.7 Å². The molecule has 4 aliphatic rings. The molecule has 0 aromatic rings. The number of hydrogen-bond acceptors (Lipinski definition) is 1. The van der Waals surface area contributed by atoms with Gasteiger partial charge in [-0.15, -0.1) is 0 Å². The first-order chi connectivity index (χ1) is 9.70. The predicted octanol–water partition coefficient (Wildman–Crippen LogP) is 4.70. The van der Waals surface area contributed by atoms with E-state index in [0.29, 0.717) is 12.0 Å². The minimum Gasteiger partial charge on any atom is -0.395 e. The second kappa shape index (κ2) is 4.60. The molecule has 0 amide bonds. The highest BCUT2D eigenvalue weighted by molar-refractivity contribution is 5.25. The molecule has 3 saturated carbocycles. The molecule has 1 nitrogen and oxygen atoms in total. The van der Waals surface area contributed by atoms with Crippen molar-refractivity contribution in [2.75, 3.05) is 6.61 Å². The summed E-state index contributed by atoms with van der Waals surface area (Å²) < 4.78 is 0. The maximum absolute atomic E-state index is 10.3. The van der Waals surface area contributed by atoms with Gasteiger partial charge in [-0.05, 0) is 74.5 Å². The van der Waals surface area contributed by atoms with Crippen molar-refractivity contribution in [1.29, 1.82) is 0 Å². The van der Waals surface area contributed by atoms with Crippen LogP contribution >= 0.6 is 0 Å². The van der Waals surface area contributed by atoms with Crippen molar-refractivity contribution in [3.63, 3.8) is 0 Å². The second-order valence-electron chi connectivity index (χ2n) is 8.45. The molecule has 5 atom stereocenters. The van der Waals surface area contributed by atoms with Gasteiger partial charge in [-0.2, -0.15) is 0 Å². The number of hydrogen-bond donors (Lipinski definition) is 1.